The molecule has 2 aromatic carbocycles. The van der Waals surface area contributed by atoms with Crippen LogP contribution < -0.4 is 4.74 Å². The molecule has 1 heteroatoms. The van der Waals surface area contributed by atoms with Crippen molar-refractivity contribution in [2.45, 2.75) is 90.9 Å². The van der Waals surface area contributed by atoms with Gasteiger partial charge in [0.25, 0.3) is 0 Å². The molecule has 2 aromatic rings. The number of unbranched alkanes of at least 4 members (excludes halogenated alkanes) is 3. The lowest BCUT2D eigenvalue weighted by molar-refractivity contribution is 0.249. The topological polar surface area (TPSA) is 9.23 Å². The van der Waals surface area contributed by atoms with Gasteiger partial charge >= 0.3 is 0 Å². The Bertz CT molecular complexity index is 692. The first-order valence-electron chi connectivity index (χ1n) is 12.6. The van der Waals surface area contributed by atoms with Gasteiger partial charge < -0.3 is 4.74 Å². The predicted octanol–water partition coefficient (Wildman–Crippen LogP) is 8.85. The van der Waals surface area contributed by atoms with Crippen molar-refractivity contribution in [3.63, 3.8) is 0 Å². The Morgan fingerprint density at radius 2 is 1.23 bits per heavy atom. The molecule has 0 amide bonds. The third kappa shape index (κ3) is 7.49. The maximum atomic E-state index is 5.78. The van der Waals surface area contributed by atoms with Gasteiger partial charge in [-0.2, -0.15) is 0 Å². The van der Waals surface area contributed by atoms with Crippen LogP contribution in [0.15, 0.2) is 48.5 Å². The van der Waals surface area contributed by atoms with Gasteiger partial charge in [-0.05, 0) is 59.9 Å². The molecule has 0 bridgehead atoms. The fraction of sp³-hybridized carbons (Fsp3) is 0.586. The minimum absolute atomic E-state index is 0.811. The molecule has 0 spiro atoms. The summed E-state index contributed by atoms with van der Waals surface area (Å²) < 4.78 is 5.78. The Hall–Kier alpha value is -1.76. The summed E-state index contributed by atoms with van der Waals surface area (Å²) in [6.07, 6.45) is 16.5. The van der Waals surface area contributed by atoms with Gasteiger partial charge in [0.05, 0.1) is 6.61 Å². The van der Waals surface area contributed by atoms with E-state index in [1.165, 1.54) is 87.3 Å². The molecule has 0 saturated heterocycles. The van der Waals surface area contributed by atoms with Gasteiger partial charge in [0.15, 0.2) is 0 Å². The summed E-state index contributed by atoms with van der Waals surface area (Å²) in [7, 11) is 0. The summed E-state index contributed by atoms with van der Waals surface area (Å²) in [5.74, 6) is 2.95. The highest BCUT2D eigenvalue weighted by Crippen LogP contribution is 2.34. The van der Waals surface area contributed by atoms with Crippen LogP contribution >= 0.6 is 0 Å². The second-order valence-electron chi connectivity index (χ2n) is 9.34. The van der Waals surface area contributed by atoms with Gasteiger partial charge in [-0.15, -0.1) is 0 Å². The number of hydrogen-bond donors (Lipinski definition) is 0. The van der Waals surface area contributed by atoms with Crippen molar-refractivity contribution < 1.29 is 4.74 Å². The second-order valence-corrected chi connectivity index (χ2v) is 9.34. The Balaban J connectivity index is 1.41. The number of aryl methyl sites for hydroxylation is 1. The van der Waals surface area contributed by atoms with E-state index in [0.717, 1.165) is 30.6 Å². The van der Waals surface area contributed by atoms with Gasteiger partial charge in [-0.3, -0.25) is 0 Å². The Morgan fingerprint density at radius 1 is 0.667 bits per heavy atom. The minimum Gasteiger partial charge on any atom is -0.494 e. The molecule has 0 aliphatic heterocycles. The molecule has 30 heavy (non-hydrogen) atoms. The highest BCUT2D eigenvalue weighted by molar-refractivity contribution is 5.64. The normalized spacial score (nSPS) is 19.0. The summed E-state index contributed by atoms with van der Waals surface area (Å²) >= 11 is 0. The molecule has 1 nitrogen and oxygen atoms in total. The largest absolute Gasteiger partial charge is 0.494 e. The lowest BCUT2D eigenvalue weighted by Gasteiger charge is -2.28. The van der Waals surface area contributed by atoms with Gasteiger partial charge in [0.1, 0.15) is 5.75 Å². The van der Waals surface area contributed by atoms with E-state index in [0.29, 0.717) is 0 Å². The van der Waals surface area contributed by atoms with Crippen LogP contribution in [0.25, 0.3) is 11.1 Å². The lowest BCUT2D eigenvalue weighted by atomic mass is 9.78. The molecule has 0 heterocycles. The average molecular weight is 407 g/mol. The number of rotatable bonds is 12. The number of ether oxygens (including phenoxy) is 1. The second kappa shape index (κ2) is 12.8. The standard InChI is InChI=1S/C29H42O/c1-3-5-7-8-24-9-11-25(12-10-24)13-14-26-15-17-27(18-16-26)28-19-21-29(22-20-28)30-23-6-4-2/h15-22,24-25H,3-14,23H2,1-2H3/t24-,25-. The Morgan fingerprint density at radius 3 is 1.83 bits per heavy atom. The molecule has 0 radical (unpaired) electrons. The monoisotopic (exact) mass is 406 g/mol. The molecule has 0 unspecified atom stereocenters. The van der Waals surface area contributed by atoms with E-state index < -0.39 is 0 Å². The van der Waals surface area contributed by atoms with E-state index in [4.69, 9.17) is 4.74 Å². The van der Waals surface area contributed by atoms with Crippen LogP contribution in [0.1, 0.15) is 90.0 Å². The van der Waals surface area contributed by atoms with Gasteiger partial charge in [0, 0.05) is 0 Å². The molecular formula is C29H42O. The minimum atomic E-state index is 0.811. The van der Waals surface area contributed by atoms with Crippen LogP contribution in [0.5, 0.6) is 5.75 Å². The first kappa shape index (κ1) is 22.9. The van der Waals surface area contributed by atoms with Crippen molar-refractivity contribution in [2.24, 2.45) is 11.8 Å². The van der Waals surface area contributed by atoms with E-state index in [1.807, 2.05) is 0 Å². The van der Waals surface area contributed by atoms with E-state index >= 15 is 0 Å². The molecule has 0 aromatic heterocycles. The fourth-order valence-corrected chi connectivity index (χ4v) is 4.80. The molecule has 0 N–H and O–H groups in total. The Kier molecular flexibility index (Phi) is 9.80. The van der Waals surface area contributed by atoms with Crippen molar-refractivity contribution >= 4 is 0 Å². The van der Waals surface area contributed by atoms with Crippen molar-refractivity contribution in [1.29, 1.82) is 0 Å². The van der Waals surface area contributed by atoms with E-state index in [9.17, 15) is 0 Å². The maximum Gasteiger partial charge on any atom is 0.119 e. The summed E-state index contributed by atoms with van der Waals surface area (Å²) in [6, 6.07) is 17.8. The summed E-state index contributed by atoms with van der Waals surface area (Å²) in [5, 5.41) is 0. The maximum absolute atomic E-state index is 5.78. The molecule has 3 rings (SSSR count). The zero-order valence-corrected chi connectivity index (χ0v) is 19.4. The lowest BCUT2D eigenvalue weighted by Crippen LogP contribution is -2.15. The third-order valence-corrected chi connectivity index (χ3v) is 6.93. The van der Waals surface area contributed by atoms with Crippen LogP contribution in [0, 0.1) is 11.8 Å². The predicted molar refractivity (Wildman–Crippen MR) is 130 cm³/mol. The van der Waals surface area contributed by atoms with Crippen molar-refractivity contribution in [1.82, 2.24) is 0 Å². The summed E-state index contributed by atoms with van der Waals surface area (Å²) in [6.45, 7) is 5.31. The van der Waals surface area contributed by atoms with Crippen LogP contribution in [0.2, 0.25) is 0 Å². The van der Waals surface area contributed by atoms with Crippen molar-refractivity contribution in [2.75, 3.05) is 6.61 Å². The van der Waals surface area contributed by atoms with Crippen LogP contribution in [-0.4, -0.2) is 6.61 Å². The zero-order valence-electron chi connectivity index (χ0n) is 19.4. The third-order valence-electron chi connectivity index (χ3n) is 6.93. The van der Waals surface area contributed by atoms with Crippen LogP contribution in [0.3, 0.4) is 0 Å². The highest BCUT2D eigenvalue weighted by atomic mass is 16.5. The summed E-state index contributed by atoms with van der Waals surface area (Å²) in [5.41, 5.74) is 4.06. The van der Waals surface area contributed by atoms with Gasteiger partial charge in [-0.25, -0.2) is 0 Å². The highest BCUT2D eigenvalue weighted by Gasteiger charge is 2.20. The smallest absolute Gasteiger partial charge is 0.119 e. The number of benzene rings is 2. The summed E-state index contributed by atoms with van der Waals surface area (Å²) in [4.78, 5) is 0. The molecule has 1 aliphatic carbocycles. The first-order chi connectivity index (χ1) is 14.8. The van der Waals surface area contributed by atoms with E-state index in [2.05, 4.69) is 62.4 Å². The molecule has 1 fully saturated rings. The number of hydrogen-bond acceptors (Lipinski definition) is 1. The molecular weight excluding hydrogens is 364 g/mol. The average Bonchev–Trinajstić information content (AvgIpc) is 2.80. The van der Waals surface area contributed by atoms with Crippen molar-refractivity contribution in [3.05, 3.63) is 54.1 Å². The van der Waals surface area contributed by atoms with Crippen molar-refractivity contribution in [3.8, 4) is 16.9 Å². The SMILES string of the molecule is CCCCC[C@H]1CC[C@H](CCc2ccc(-c3ccc(OCCCC)cc3)cc2)CC1. The molecule has 0 atom stereocenters. The fourth-order valence-electron chi connectivity index (χ4n) is 4.80. The van der Waals surface area contributed by atoms with Gasteiger partial charge in [-0.1, -0.05) is 108 Å². The van der Waals surface area contributed by atoms with E-state index in [-0.39, 0.29) is 0 Å². The van der Waals surface area contributed by atoms with Crippen LogP contribution in [-0.2, 0) is 6.42 Å². The molecule has 1 aliphatic rings. The Labute approximate surface area is 185 Å². The zero-order chi connectivity index (χ0) is 21.0. The molecule has 1 saturated carbocycles. The van der Waals surface area contributed by atoms with E-state index in [1.54, 1.807) is 0 Å². The first-order valence-corrected chi connectivity index (χ1v) is 12.6. The van der Waals surface area contributed by atoms with Crippen LogP contribution in [0.4, 0.5) is 0 Å². The molecule has 164 valence electrons. The van der Waals surface area contributed by atoms with Gasteiger partial charge in [0.2, 0.25) is 0 Å². The quantitative estimate of drug-likeness (QED) is 0.320.